The Morgan fingerprint density at radius 1 is 1.11 bits per heavy atom. The predicted molar refractivity (Wildman–Crippen MR) is 65.2 cm³/mol. The van der Waals surface area contributed by atoms with Crippen LogP contribution in [0.5, 0.6) is 0 Å². The van der Waals surface area contributed by atoms with Gasteiger partial charge in [0.2, 0.25) is 0 Å². The summed E-state index contributed by atoms with van der Waals surface area (Å²) in [6.07, 6.45) is 7.88. The summed E-state index contributed by atoms with van der Waals surface area (Å²) in [5.74, 6) is -0.387. The summed E-state index contributed by atoms with van der Waals surface area (Å²) in [6, 6.07) is 0. The third-order valence-corrected chi connectivity index (χ3v) is 2.59. The number of hydrogen-bond acceptors (Lipinski definition) is 0. The molecule has 2 aliphatic carbocycles. The van der Waals surface area contributed by atoms with Gasteiger partial charge in [-0.05, 0) is 38.2 Å². The molecule has 0 fully saturated rings. The monoisotopic (exact) mass is 260 g/mol. The fraction of sp³-hybridized carbons (Fsp3) is 0.429. The summed E-state index contributed by atoms with van der Waals surface area (Å²) in [7, 11) is 0. The summed E-state index contributed by atoms with van der Waals surface area (Å²) >= 11 is 0. The number of alkyl halides is 3. The van der Waals surface area contributed by atoms with E-state index in [4.69, 9.17) is 0 Å². The van der Waals surface area contributed by atoms with Gasteiger partial charge in [-0.15, -0.1) is 0 Å². The molecule has 0 amide bonds. The molecular weight excluding hydrogens is 244 g/mol. The average Bonchev–Trinajstić information content (AvgIpc) is 2.21. The maximum atomic E-state index is 12.8. The van der Waals surface area contributed by atoms with Crippen LogP contribution < -0.4 is 0 Å². The second kappa shape index (κ2) is 5.55. The standard InChI is InChI=1S/2C7H8F2/c1-7(9)4-2-3-6(8)5-7;1-7(9)5-3-2-4-6(7)8/h2-4H,5H2,1H3;2-6H,1H3. The third kappa shape index (κ3) is 4.51. The molecule has 2 rings (SSSR count). The fourth-order valence-electron chi connectivity index (χ4n) is 1.49. The van der Waals surface area contributed by atoms with Crippen LogP contribution in [0.2, 0.25) is 0 Å². The summed E-state index contributed by atoms with van der Waals surface area (Å²) in [5, 5.41) is 0. The lowest BCUT2D eigenvalue weighted by atomic mass is 9.98. The van der Waals surface area contributed by atoms with Gasteiger partial charge in [0.25, 0.3) is 0 Å². The van der Waals surface area contributed by atoms with Gasteiger partial charge in [-0.25, -0.2) is 17.6 Å². The second-order valence-corrected chi connectivity index (χ2v) is 4.72. The normalized spacial score (nSPS) is 37.9. The van der Waals surface area contributed by atoms with Crippen LogP contribution in [0.3, 0.4) is 0 Å². The highest BCUT2D eigenvalue weighted by Crippen LogP contribution is 2.26. The quantitative estimate of drug-likeness (QED) is 0.553. The lowest BCUT2D eigenvalue weighted by Crippen LogP contribution is -2.28. The van der Waals surface area contributed by atoms with Crippen LogP contribution in [0, 0.1) is 0 Å². The number of allylic oxidation sites excluding steroid dienone is 8. The molecule has 0 aromatic carbocycles. The molecule has 0 heterocycles. The van der Waals surface area contributed by atoms with Gasteiger partial charge < -0.3 is 0 Å². The Morgan fingerprint density at radius 3 is 2.11 bits per heavy atom. The van der Waals surface area contributed by atoms with Crippen LogP contribution >= 0.6 is 0 Å². The first-order valence-corrected chi connectivity index (χ1v) is 5.65. The minimum absolute atomic E-state index is 0.122. The van der Waals surface area contributed by atoms with Crippen LogP contribution in [0.1, 0.15) is 20.3 Å². The molecule has 3 atom stereocenters. The molecule has 0 bridgehead atoms. The SMILES string of the molecule is CC1(F)C=CC=C(F)C1.CC1(F)C=CC=CC1F. The van der Waals surface area contributed by atoms with Crippen molar-refractivity contribution in [3.63, 3.8) is 0 Å². The van der Waals surface area contributed by atoms with E-state index in [9.17, 15) is 17.6 Å². The predicted octanol–water partition coefficient (Wildman–Crippen LogP) is 4.71. The van der Waals surface area contributed by atoms with E-state index in [1.807, 2.05) is 0 Å². The zero-order chi connectivity index (χ0) is 13.8. The van der Waals surface area contributed by atoms with Gasteiger partial charge >= 0.3 is 0 Å². The molecule has 3 unspecified atom stereocenters. The Labute approximate surface area is 104 Å². The van der Waals surface area contributed by atoms with Crippen molar-refractivity contribution in [1.29, 1.82) is 0 Å². The van der Waals surface area contributed by atoms with E-state index in [0.29, 0.717) is 0 Å². The first-order chi connectivity index (χ1) is 8.23. The van der Waals surface area contributed by atoms with Gasteiger partial charge in [-0.3, -0.25) is 0 Å². The average molecular weight is 260 g/mol. The van der Waals surface area contributed by atoms with Crippen molar-refractivity contribution in [1.82, 2.24) is 0 Å². The van der Waals surface area contributed by atoms with Crippen molar-refractivity contribution in [2.45, 2.75) is 37.8 Å². The fourth-order valence-corrected chi connectivity index (χ4v) is 1.49. The molecule has 4 heteroatoms. The summed E-state index contributed by atoms with van der Waals surface area (Å²) in [4.78, 5) is 0. The number of halogens is 4. The molecular formula is C14H16F4. The largest absolute Gasteiger partial charge is 0.239 e. The Balaban J connectivity index is 0.000000180. The third-order valence-electron chi connectivity index (χ3n) is 2.59. The van der Waals surface area contributed by atoms with Gasteiger partial charge in [0.05, 0.1) is 0 Å². The summed E-state index contributed by atoms with van der Waals surface area (Å²) in [5.41, 5.74) is -3.27. The summed E-state index contributed by atoms with van der Waals surface area (Å²) < 4.78 is 50.2. The Morgan fingerprint density at radius 2 is 1.78 bits per heavy atom. The van der Waals surface area contributed by atoms with Gasteiger partial charge in [0, 0.05) is 6.42 Å². The van der Waals surface area contributed by atoms with Crippen LogP contribution in [-0.4, -0.2) is 17.5 Å². The van der Waals surface area contributed by atoms with Crippen LogP contribution in [0.4, 0.5) is 17.6 Å². The zero-order valence-corrected chi connectivity index (χ0v) is 10.3. The Kier molecular flexibility index (Phi) is 4.54. The van der Waals surface area contributed by atoms with Crippen molar-refractivity contribution in [3.05, 3.63) is 48.4 Å². The van der Waals surface area contributed by atoms with E-state index in [-0.39, 0.29) is 12.2 Å². The molecule has 18 heavy (non-hydrogen) atoms. The molecule has 100 valence electrons. The molecule has 0 saturated heterocycles. The van der Waals surface area contributed by atoms with Crippen molar-refractivity contribution in [2.24, 2.45) is 0 Å². The zero-order valence-electron chi connectivity index (χ0n) is 10.3. The Bertz CT molecular complexity index is 400. The second-order valence-electron chi connectivity index (χ2n) is 4.72. The molecule has 2 aliphatic rings. The highest BCUT2D eigenvalue weighted by molar-refractivity contribution is 5.21. The van der Waals surface area contributed by atoms with E-state index < -0.39 is 17.5 Å². The number of rotatable bonds is 0. The molecule has 0 aromatic rings. The van der Waals surface area contributed by atoms with Crippen molar-refractivity contribution < 1.29 is 17.6 Å². The Hall–Kier alpha value is -1.32. The number of hydrogen-bond donors (Lipinski definition) is 0. The topological polar surface area (TPSA) is 0 Å². The molecule has 0 nitrogen and oxygen atoms in total. The van der Waals surface area contributed by atoms with E-state index in [1.54, 1.807) is 0 Å². The molecule has 0 N–H and O–H groups in total. The van der Waals surface area contributed by atoms with Crippen LogP contribution in [0.25, 0.3) is 0 Å². The minimum atomic E-state index is -1.80. The van der Waals surface area contributed by atoms with Gasteiger partial charge in [-0.2, -0.15) is 0 Å². The molecule has 0 saturated carbocycles. The highest BCUT2D eigenvalue weighted by Gasteiger charge is 2.30. The van der Waals surface area contributed by atoms with E-state index in [1.165, 1.54) is 56.4 Å². The van der Waals surface area contributed by atoms with E-state index in [0.717, 1.165) is 0 Å². The molecule has 0 aliphatic heterocycles. The lowest BCUT2D eigenvalue weighted by Gasteiger charge is -2.19. The minimum Gasteiger partial charge on any atom is -0.239 e. The van der Waals surface area contributed by atoms with E-state index in [2.05, 4.69) is 0 Å². The van der Waals surface area contributed by atoms with Gasteiger partial charge in [-0.1, -0.05) is 18.2 Å². The maximum absolute atomic E-state index is 12.8. The van der Waals surface area contributed by atoms with Gasteiger partial charge in [0.15, 0.2) is 11.8 Å². The van der Waals surface area contributed by atoms with Crippen LogP contribution in [-0.2, 0) is 0 Å². The molecule has 0 radical (unpaired) electrons. The first-order valence-electron chi connectivity index (χ1n) is 5.65. The van der Waals surface area contributed by atoms with Crippen molar-refractivity contribution >= 4 is 0 Å². The van der Waals surface area contributed by atoms with E-state index >= 15 is 0 Å². The highest BCUT2D eigenvalue weighted by atomic mass is 19.2. The first kappa shape index (κ1) is 14.7. The van der Waals surface area contributed by atoms with Gasteiger partial charge in [0.1, 0.15) is 11.5 Å². The van der Waals surface area contributed by atoms with Crippen molar-refractivity contribution in [2.75, 3.05) is 0 Å². The summed E-state index contributed by atoms with van der Waals surface area (Å²) in [6.45, 7) is 2.58. The molecule has 0 spiro atoms. The van der Waals surface area contributed by atoms with Crippen LogP contribution in [0.15, 0.2) is 48.4 Å². The maximum Gasteiger partial charge on any atom is 0.161 e. The lowest BCUT2D eigenvalue weighted by molar-refractivity contribution is 0.144. The van der Waals surface area contributed by atoms with Crippen molar-refractivity contribution in [3.8, 4) is 0 Å². The molecule has 0 aromatic heterocycles. The smallest absolute Gasteiger partial charge is 0.161 e.